The molecule has 0 fully saturated rings. The molecule has 114 valence electrons. The van der Waals surface area contributed by atoms with Gasteiger partial charge in [0.25, 0.3) is 0 Å². The van der Waals surface area contributed by atoms with Crippen molar-refractivity contribution in [1.29, 1.82) is 0 Å². The molecule has 1 aromatic carbocycles. The number of benzene rings is 1. The fourth-order valence-corrected chi connectivity index (χ4v) is 2.55. The van der Waals surface area contributed by atoms with Crippen LogP contribution in [0.2, 0.25) is 0 Å². The number of rotatable bonds is 6. The van der Waals surface area contributed by atoms with Gasteiger partial charge >= 0.3 is 5.97 Å². The summed E-state index contributed by atoms with van der Waals surface area (Å²) in [5, 5.41) is 10.1. The van der Waals surface area contributed by atoms with Gasteiger partial charge in [-0.1, -0.05) is 13.8 Å². The summed E-state index contributed by atoms with van der Waals surface area (Å²) in [6.45, 7) is 10.6. The number of aryl methyl sites for hydroxylation is 1. The van der Waals surface area contributed by atoms with Crippen LogP contribution in [0.1, 0.15) is 35.5 Å². The number of fused-ring (bicyclic) bond motifs is 1. The zero-order valence-corrected chi connectivity index (χ0v) is 13.1. The molecule has 0 aliphatic rings. The normalized spacial score (nSPS) is 11.5. The minimum atomic E-state index is -0.887. The maximum atomic E-state index is 11.1. The quantitative estimate of drug-likeness (QED) is 0.826. The van der Waals surface area contributed by atoms with E-state index in [0.717, 1.165) is 29.6 Å². The van der Waals surface area contributed by atoms with Gasteiger partial charge in [-0.3, -0.25) is 0 Å². The first-order valence-corrected chi connectivity index (χ1v) is 7.32. The van der Waals surface area contributed by atoms with E-state index >= 15 is 0 Å². The van der Waals surface area contributed by atoms with Crippen molar-refractivity contribution >= 4 is 16.9 Å². The van der Waals surface area contributed by atoms with Crippen LogP contribution >= 0.6 is 0 Å². The minimum absolute atomic E-state index is 0.332. The van der Waals surface area contributed by atoms with Crippen LogP contribution in [-0.4, -0.2) is 28.9 Å². The van der Waals surface area contributed by atoms with E-state index in [1.54, 1.807) is 12.1 Å². The van der Waals surface area contributed by atoms with Crippen LogP contribution in [-0.2, 0) is 11.3 Å². The molecule has 0 radical (unpaired) electrons. The van der Waals surface area contributed by atoms with Gasteiger partial charge in [0.05, 0.1) is 12.2 Å². The molecule has 2 rings (SSSR count). The van der Waals surface area contributed by atoms with Crippen LogP contribution < -0.4 is 0 Å². The topological polar surface area (TPSA) is 51.5 Å². The zero-order valence-electron chi connectivity index (χ0n) is 13.1. The number of carboxylic acid groups (broad SMARTS) is 1. The Morgan fingerprint density at radius 1 is 1.33 bits per heavy atom. The monoisotopic (exact) mass is 289 g/mol. The fourth-order valence-electron chi connectivity index (χ4n) is 2.55. The molecule has 0 unspecified atom stereocenters. The molecule has 0 saturated heterocycles. The predicted molar refractivity (Wildman–Crippen MR) is 84.0 cm³/mol. The summed E-state index contributed by atoms with van der Waals surface area (Å²) in [7, 11) is 0. The van der Waals surface area contributed by atoms with E-state index in [-0.39, 0.29) is 0 Å². The second kappa shape index (κ2) is 6.31. The van der Waals surface area contributed by atoms with Gasteiger partial charge in [-0.05, 0) is 43.5 Å². The number of carboxylic acids is 1. The molecule has 1 heterocycles. The third kappa shape index (κ3) is 3.27. The van der Waals surface area contributed by atoms with Gasteiger partial charge in [0, 0.05) is 29.7 Å². The molecule has 0 amide bonds. The van der Waals surface area contributed by atoms with Crippen molar-refractivity contribution in [3.8, 4) is 0 Å². The SMILES string of the molecule is Cc1c(C)n(CCOCC(C)C)c2ccc(C(=O)O)cc12. The van der Waals surface area contributed by atoms with E-state index in [0.29, 0.717) is 18.1 Å². The maximum absolute atomic E-state index is 11.1. The van der Waals surface area contributed by atoms with E-state index < -0.39 is 5.97 Å². The average Bonchev–Trinajstić information content (AvgIpc) is 2.67. The third-order valence-corrected chi connectivity index (χ3v) is 3.80. The van der Waals surface area contributed by atoms with Crippen LogP contribution in [0.5, 0.6) is 0 Å². The lowest BCUT2D eigenvalue weighted by atomic mass is 10.1. The van der Waals surface area contributed by atoms with Crippen molar-refractivity contribution in [1.82, 2.24) is 4.57 Å². The highest BCUT2D eigenvalue weighted by atomic mass is 16.5. The first-order valence-electron chi connectivity index (χ1n) is 7.32. The van der Waals surface area contributed by atoms with Crippen molar-refractivity contribution in [3.63, 3.8) is 0 Å². The van der Waals surface area contributed by atoms with Crippen LogP contribution in [0.4, 0.5) is 0 Å². The van der Waals surface area contributed by atoms with Crippen molar-refractivity contribution in [3.05, 3.63) is 35.0 Å². The molecule has 2 aromatic rings. The summed E-state index contributed by atoms with van der Waals surface area (Å²) in [5.74, 6) is -0.352. The standard InChI is InChI=1S/C17H23NO3/c1-11(2)10-21-8-7-18-13(4)12(3)15-9-14(17(19)20)5-6-16(15)18/h5-6,9,11H,7-8,10H2,1-4H3,(H,19,20). The highest BCUT2D eigenvalue weighted by Crippen LogP contribution is 2.26. The number of ether oxygens (including phenoxy) is 1. The van der Waals surface area contributed by atoms with Crippen LogP contribution in [0.3, 0.4) is 0 Å². The second-order valence-electron chi connectivity index (χ2n) is 5.87. The Balaban J connectivity index is 2.27. The molecular formula is C17H23NO3. The maximum Gasteiger partial charge on any atom is 0.335 e. The predicted octanol–water partition coefficient (Wildman–Crippen LogP) is 3.63. The van der Waals surface area contributed by atoms with Gasteiger partial charge in [-0.25, -0.2) is 4.79 Å². The van der Waals surface area contributed by atoms with E-state index in [4.69, 9.17) is 9.84 Å². The lowest BCUT2D eigenvalue weighted by molar-refractivity contribution is 0.0697. The zero-order chi connectivity index (χ0) is 15.6. The van der Waals surface area contributed by atoms with Crippen molar-refractivity contribution in [2.24, 2.45) is 5.92 Å². The van der Waals surface area contributed by atoms with Crippen LogP contribution in [0.15, 0.2) is 18.2 Å². The summed E-state index contributed by atoms with van der Waals surface area (Å²) >= 11 is 0. The van der Waals surface area contributed by atoms with Gasteiger partial charge < -0.3 is 14.4 Å². The van der Waals surface area contributed by atoms with Crippen molar-refractivity contribution < 1.29 is 14.6 Å². The number of hydrogen-bond acceptors (Lipinski definition) is 2. The molecular weight excluding hydrogens is 266 g/mol. The Bertz CT molecular complexity index is 656. The fraction of sp³-hybridized carbons (Fsp3) is 0.471. The third-order valence-electron chi connectivity index (χ3n) is 3.80. The van der Waals surface area contributed by atoms with Gasteiger partial charge in [-0.2, -0.15) is 0 Å². The number of aromatic carboxylic acids is 1. The molecule has 0 atom stereocenters. The van der Waals surface area contributed by atoms with E-state index in [1.807, 2.05) is 13.0 Å². The molecule has 0 spiro atoms. The highest BCUT2D eigenvalue weighted by Gasteiger charge is 2.13. The number of nitrogens with zero attached hydrogens (tertiary/aromatic N) is 1. The molecule has 0 saturated carbocycles. The lowest BCUT2D eigenvalue weighted by Crippen LogP contribution is -2.10. The van der Waals surface area contributed by atoms with E-state index in [1.165, 1.54) is 5.69 Å². The smallest absolute Gasteiger partial charge is 0.335 e. The van der Waals surface area contributed by atoms with Crippen molar-refractivity contribution in [2.75, 3.05) is 13.2 Å². The molecule has 4 nitrogen and oxygen atoms in total. The Hall–Kier alpha value is -1.81. The summed E-state index contributed by atoms with van der Waals surface area (Å²) in [6.07, 6.45) is 0. The largest absolute Gasteiger partial charge is 0.478 e. The van der Waals surface area contributed by atoms with Crippen LogP contribution in [0.25, 0.3) is 10.9 Å². The first-order chi connectivity index (χ1) is 9.91. The van der Waals surface area contributed by atoms with Gasteiger partial charge in [0.1, 0.15) is 0 Å². The second-order valence-corrected chi connectivity index (χ2v) is 5.87. The summed E-state index contributed by atoms with van der Waals surface area (Å²) in [4.78, 5) is 11.1. The molecule has 0 aliphatic carbocycles. The summed E-state index contributed by atoms with van der Waals surface area (Å²) < 4.78 is 7.86. The molecule has 0 aliphatic heterocycles. The Morgan fingerprint density at radius 3 is 2.67 bits per heavy atom. The molecule has 0 bridgehead atoms. The molecule has 1 aromatic heterocycles. The Labute approximate surface area is 125 Å². The minimum Gasteiger partial charge on any atom is -0.478 e. The van der Waals surface area contributed by atoms with E-state index in [2.05, 4.69) is 25.3 Å². The highest BCUT2D eigenvalue weighted by molar-refractivity contribution is 5.95. The average molecular weight is 289 g/mol. The first kappa shape index (κ1) is 15.6. The Morgan fingerprint density at radius 2 is 2.05 bits per heavy atom. The number of carbonyl (C=O) groups is 1. The van der Waals surface area contributed by atoms with Crippen LogP contribution in [0, 0.1) is 19.8 Å². The molecule has 21 heavy (non-hydrogen) atoms. The number of aromatic nitrogens is 1. The summed E-state index contributed by atoms with van der Waals surface area (Å²) in [6, 6.07) is 5.31. The molecule has 1 N–H and O–H groups in total. The lowest BCUT2D eigenvalue weighted by Gasteiger charge is -2.10. The Kier molecular flexibility index (Phi) is 4.68. The van der Waals surface area contributed by atoms with E-state index in [9.17, 15) is 4.79 Å². The van der Waals surface area contributed by atoms with Crippen molar-refractivity contribution in [2.45, 2.75) is 34.2 Å². The van der Waals surface area contributed by atoms with Gasteiger partial charge in [-0.15, -0.1) is 0 Å². The van der Waals surface area contributed by atoms with Gasteiger partial charge in [0.15, 0.2) is 0 Å². The van der Waals surface area contributed by atoms with Gasteiger partial charge in [0.2, 0.25) is 0 Å². The number of hydrogen-bond donors (Lipinski definition) is 1. The molecule has 4 heteroatoms. The summed E-state index contributed by atoms with van der Waals surface area (Å²) in [5.41, 5.74) is 3.71.